The number of rotatable bonds is 7. The van der Waals surface area contributed by atoms with Gasteiger partial charge in [-0.2, -0.15) is 0 Å². The lowest BCUT2D eigenvalue weighted by molar-refractivity contribution is 0.0734. The molecule has 35 heavy (non-hydrogen) atoms. The number of hydrogen-bond donors (Lipinski definition) is 1. The third-order valence-electron chi connectivity index (χ3n) is 6.13. The molecule has 2 amide bonds. The molecule has 0 radical (unpaired) electrons. The van der Waals surface area contributed by atoms with Gasteiger partial charge < -0.3 is 15.0 Å². The van der Waals surface area contributed by atoms with Gasteiger partial charge in [0.25, 0.3) is 11.8 Å². The van der Waals surface area contributed by atoms with Gasteiger partial charge in [0.15, 0.2) is 0 Å². The Morgan fingerprint density at radius 2 is 1.89 bits per heavy atom. The summed E-state index contributed by atoms with van der Waals surface area (Å²) in [7, 11) is 0. The minimum atomic E-state index is -0.0931. The third-order valence-corrected chi connectivity index (χ3v) is 6.93. The summed E-state index contributed by atoms with van der Waals surface area (Å²) >= 11 is 1.56. The first-order chi connectivity index (χ1) is 16.9. The molecule has 0 fully saturated rings. The Kier molecular flexibility index (Phi) is 7.76. The van der Waals surface area contributed by atoms with Gasteiger partial charge in [-0.3, -0.25) is 14.6 Å². The quantitative estimate of drug-likeness (QED) is 0.472. The Bertz CT molecular complexity index is 1220. The standard InChI is InChI=1S/C28H31N3O3S/c1-18(2)34-22-11-9-20(10-12-22)28(33)31-14-13-23-21(17-31)15-29-19(3)25(23)16-30-27(32)24-7-5-6-8-26(24)35-4/h5-12,15,18H,13-14,16-17H2,1-4H3,(H,30,32). The van der Waals surface area contributed by atoms with Crippen molar-refractivity contribution in [1.82, 2.24) is 15.2 Å². The van der Waals surface area contributed by atoms with Crippen molar-refractivity contribution < 1.29 is 14.3 Å². The first-order valence-electron chi connectivity index (χ1n) is 11.8. The highest BCUT2D eigenvalue weighted by Crippen LogP contribution is 2.26. The molecule has 0 saturated carbocycles. The molecular weight excluding hydrogens is 458 g/mol. The van der Waals surface area contributed by atoms with Crippen LogP contribution in [-0.4, -0.2) is 40.6 Å². The van der Waals surface area contributed by atoms with Gasteiger partial charge in [0.2, 0.25) is 0 Å². The van der Waals surface area contributed by atoms with Gasteiger partial charge >= 0.3 is 0 Å². The zero-order chi connectivity index (χ0) is 24.9. The summed E-state index contributed by atoms with van der Waals surface area (Å²) in [6, 6.07) is 14.9. The second kappa shape index (κ2) is 11.0. The molecule has 0 spiro atoms. The highest BCUT2D eigenvalue weighted by Gasteiger charge is 2.25. The second-order valence-electron chi connectivity index (χ2n) is 8.88. The molecule has 0 bridgehead atoms. The van der Waals surface area contributed by atoms with Crippen molar-refractivity contribution in [1.29, 1.82) is 0 Å². The van der Waals surface area contributed by atoms with E-state index < -0.39 is 0 Å². The van der Waals surface area contributed by atoms with Crippen LogP contribution in [-0.2, 0) is 19.5 Å². The van der Waals surface area contributed by atoms with E-state index in [9.17, 15) is 9.59 Å². The van der Waals surface area contributed by atoms with Gasteiger partial charge in [0.1, 0.15) is 5.75 Å². The maximum atomic E-state index is 13.1. The predicted molar refractivity (Wildman–Crippen MR) is 139 cm³/mol. The molecule has 1 aliphatic heterocycles. The Hall–Kier alpha value is -3.32. The van der Waals surface area contributed by atoms with Crippen molar-refractivity contribution in [2.75, 3.05) is 12.8 Å². The number of thioether (sulfide) groups is 1. The minimum absolute atomic E-state index is 0.00385. The first kappa shape index (κ1) is 24.8. The van der Waals surface area contributed by atoms with E-state index >= 15 is 0 Å². The molecule has 4 rings (SSSR count). The average Bonchev–Trinajstić information content (AvgIpc) is 2.87. The normalized spacial score (nSPS) is 12.9. The van der Waals surface area contributed by atoms with Crippen LogP contribution in [0.2, 0.25) is 0 Å². The van der Waals surface area contributed by atoms with E-state index in [4.69, 9.17) is 4.74 Å². The lowest BCUT2D eigenvalue weighted by Crippen LogP contribution is -2.37. The summed E-state index contributed by atoms with van der Waals surface area (Å²) in [6.07, 6.45) is 4.64. The Balaban J connectivity index is 1.47. The average molecular weight is 490 g/mol. The number of carbonyl (C=O) groups excluding carboxylic acids is 2. The lowest BCUT2D eigenvalue weighted by Gasteiger charge is -2.30. The molecule has 0 atom stereocenters. The first-order valence-corrected chi connectivity index (χ1v) is 13.0. The number of aromatic nitrogens is 1. The number of fused-ring (bicyclic) bond motifs is 1. The third kappa shape index (κ3) is 5.68. The number of ether oxygens (including phenoxy) is 1. The number of nitrogens with zero attached hydrogens (tertiary/aromatic N) is 2. The fourth-order valence-corrected chi connectivity index (χ4v) is 4.95. The van der Waals surface area contributed by atoms with Crippen LogP contribution in [0.1, 0.15) is 56.9 Å². The summed E-state index contributed by atoms with van der Waals surface area (Å²) in [5.41, 5.74) is 5.48. The van der Waals surface area contributed by atoms with Crippen LogP contribution in [0.25, 0.3) is 0 Å². The van der Waals surface area contributed by atoms with Crippen molar-refractivity contribution in [3.63, 3.8) is 0 Å². The molecule has 0 aliphatic carbocycles. The number of amides is 2. The number of benzene rings is 2. The van der Waals surface area contributed by atoms with Gasteiger partial charge in [-0.1, -0.05) is 12.1 Å². The zero-order valence-corrected chi connectivity index (χ0v) is 21.4. The number of carbonyl (C=O) groups is 2. The fourth-order valence-electron chi connectivity index (χ4n) is 4.36. The monoisotopic (exact) mass is 489 g/mol. The van der Waals surface area contributed by atoms with Gasteiger partial charge in [0, 0.05) is 42.0 Å². The molecule has 1 aromatic heterocycles. The summed E-state index contributed by atoms with van der Waals surface area (Å²) in [5, 5.41) is 3.07. The summed E-state index contributed by atoms with van der Waals surface area (Å²) in [6.45, 7) is 7.45. The number of nitrogens with one attached hydrogen (secondary N) is 1. The van der Waals surface area contributed by atoms with Crippen molar-refractivity contribution in [3.05, 3.63) is 88.2 Å². The van der Waals surface area contributed by atoms with Crippen molar-refractivity contribution in [2.45, 2.75) is 51.3 Å². The molecule has 1 N–H and O–H groups in total. The van der Waals surface area contributed by atoms with E-state index in [0.29, 0.717) is 30.8 Å². The van der Waals surface area contributed by atoms with Crippen LogP contribution in [0, 0.1) is 6.92 Å². The highest BCUT2D eigenvalue weighted by atomic mass is 32.2. The Labute approximate surface area is 211 Å². The van der Waals surface area contributed by atoms with Gasteiger partial charge in [-0.05, 0) is 86.5 Å². The van der Waals surface area contributed by atoms with E-state index in [-0.39, 0.29) is 17.9 Å². The largest absolute Gasteiger partial charge is 0.491 e. The van der Waals surface area contributed by atoms with E-state index in [0.717, 1.165) is 33.9 Å². The molecule has 6 nitrogen and oxygen atoms in total. The van der Waals surface area contributed by atoms with Crippen LogP contribution >= 0.6 is 11.8 Å². The second-order valence-corrected chi connectivity index (χ2v) is 9.72. The molecule has 7 heteroatoms. The van der Waals surface area contributed by atoms with Crippen LogP contribution in [0.3, 0.4) is 0 Å². The predicted octanol–water partition coefficient (Wildman–Crippen LogP) is 5.03. The molecule has 2 heterocycles. The summed E-state index contributed by atoms with van der Waals surface area (Å²) in [4.78, 5) is 33.4. The molecule has 182 valence electrons. The molecule has 3 aromatic rings. The smallest absolute Gasteiger partial charge is 0.254 e. The van der Waals surface area contributed by atoms with E-state index in [1.54, 1.807) is 11.8 Å². The van der Waals surface area contributed by atoms with E-state index in [2.05, 4.69) is 10.3 Å². The van der Waals surface area contributed by atoms with Crippen LogP contribution in [0.4, 0.5) is 0 Å². The Morgan fingerprint density at radius 1 is 1.14 bits per heavy atom. The number of hydrogen-bond acceptors (Lipinski definition) is 5. The molecule has 0 saturated heterocycles. The molecule has 2 aromatic carbocycles. The van der Waals surface area contributed by atoms with Crippen molar-refractivity contribution in [2.24, 2.45) is 0 Å². The van der Waals surface area contributed by atoms with E-state index in [1.807, 2.05) is 86.7 Å². The van der Waals surface area contributed by atoms with Gasteiger partial charge in [0.05, 0.1) is 11.7 Å². The SMILES string of the molecule is CSc1ccccc1C(=O)NCc1c(C)ncc2c1CCN(C(=O)c1ccc(OC(C)C)cc1)C2. The number of aryl methyl sites for hydroxylation is 1. The molecule has 0 unspecified atom stereocenters. The summed E-state index contributed by atoms with van der Waals surface area (Å²) in [5.74, 6) is 0.660. The highest BCUT2D eigenvalue weighted by molar-refractivity contribution is 7.98. The zero-order valence-electron chi connectivity index (χ0n) is 20.6. The van der Waals surface area contributed by atoms with Crippen LogP contribution in [0.5, 0.6) is 5.75 Å². The van der Waals surface area contributed by atoms with E-state index in [1.165, 1.54) is 5.56 Å². The topological polar surface area (TPSA) is 71.5 Å². The van der Waals surface area contributed by atoms with Crippen molar-refractivity contribution in [3.8, 4) is 5.75 Å². The van der Waals surface area contributed by atoms with Gasteiger partial charge in [-0.25, -0.2) is 0 Å². The summed E-state index contributed by atoms with van der Waals surface area (Å²) < 4.78 is 5.68. The lowest BCUT2D eigenvalue weighted by atomic mass is 9.94. The maximum absolute atomic E-state index is 13.1. The minimum Gasteiger partial charge on any atom is -0.491 e. The fraction of sp³-hybridized carbons (Fsp3) is 0.321. The molecular formula is C28H31N3O3S. The molecule has 1 aliphatic rings. The number of pyridine rings is 1. The van der Waals surface area contributed by atoms with Crippen LogP contribution < -0.4 is 10.1 Å². The maximum Gasteiger partial charge on any atom is 0.254 e. The van der Waals surface area contributed by atoms with Crippen molar-refractivity contribution >= 4 is 23.6 Å². The van der Waals surface area contributed by atoms with Crippen LogP contribution in [0.15, 0.2) is 59.6 Å². The Morgan fingerprint density at radius 3 is 2.60 bits per heavy atom. The van der Waals surface area contributed by atoms with Gasteiger partial charge in [-0.15, -0.1) is 11.8 Å².